The van der Waals surface area contributed by atoms with E-state index >= 15 is 0 Å². The van der Waals surface area contributed by atoms with Crippen LogP contribution in [0.15, 0.2) is 30.7 Å². The van der Waals surface area contributed by atoms with E-state index < -0.39 is 27.9 Å². The Kier molecular flexibility index (Phi) is 7.56. The van der Waals surface area contributed by atoms with Gasteiger partial charge in [0.15, 0.2) is 0 Å². The summed E-state index contributed by atoms with van der Waals surface area (Å²) in [6.45, 7) is 9.15. The molecule has 2 N–H and O–H groups in total. The molecule has 2 aliphatic rings. The Morgan fingerprint density at radius 1 is 1.17 bits per heavy atom. The third-order valence-corrected chi connectivity index (χ3v) is 10.2. The second-order valence-electron chi connectivity index (χ2n) is 11.7. The Balaban J connectivity index is 1.40. The van der Waals surface area contributed by atoms with Crippen molar-refractivity contribution in [1.29, 1.82) is 0 Å². The fraction of sp³-hybridized carbons (Fsp3) is 0.571. The summed E-state index contributed by atoms with van der Waals surface area (Å²) in [5, 5.41) is 15.1. The number of hydrogen-bond donors (Lipinski definition) is 2. The first-order valence-corrected chi connectivity index (χ1v) is 15.7. The Labute approximate surface area is 239 Å². The molecule has 10 nitrogen and oxygen atoms in total. The normalized spacial score (nSPS) is 24.5. The van der Waals surface area contributed by atoms with E-state index in [0.717, 1.165) is 29.1 Å². The summed E-state index contributed by atoms with van der Waals surface area (Å²) in [6.07, 6.45) is 5.01. The number of nitrogens with one attached hydrogen (secondary N) is 1. The second-order valence-corrected chi connectivity index (χ2v) is 14.1. The zero-order chi connectivity index (χ0) is 29.7. The predicted octanol–water partition coefficient (Wildman–Crippen LogP) is 4.14. The third kappa shape index (κ3) is 5.66. The van der Waals surface area contributed by atoms with Crippen molar-refractivity contribution in [2.24, 2.45) is 5.92 Å². The van der Waals surface area contributed by atoms with Crippen molar-refractivity contribution < 1.29 is 22.3 Å². The number of halogens is 2. The first kappa shape index (κ1) is 29.3. The number of hydrogen-bond acceptors (Lipinski definition) is 10. The molecule has 0 spiro atoms. The monoisotopic (exact) mass is 589 g/mol. The van der Waals surface area contributed by atoms with Gasteiger partial charge in [0, 0.05) is 54.0 Å². The number of aliphatic hydroxyl groups is 1. The van der Waals surface area contributed by atoms with Crippen molar-refractivity contribution in [1.82, 2.24) is 19.9 Å². The molecule has 0 unspecified atom stereocenters. The minimum atomic E-state index is -3.30. The van der Waals surface area contributed by atoms with Crippen LogP contribution in [0, 0.1) is 5.92 Å². The van der Waals surface area contributed by atoms with Crippen LogP contribution in [0.4, 0.5) is 32.1 Å². The van der Waals surface area contributed by atoms with E-state index in [4.69, 9.17) is 4.98 Å². The van der Waals surface area contributed by atoms with Crippen LogP contribution in [0.1, 0.15) is 52.7 Å². The van der Waals surface area contributed by atoms with Crippen molar-refractivity contribution in [3.63, 3.8) is 0 Å². The van der Waals surface area contributed by atoms with Gasteiger partial charge in [-0.15, -0.1) is 0 Å². The number of rotatable bonds is 8. The van der Waals surface area contributed by atoms with Crippen LogP contribution < -0.4 is 15.1 Å². The largest absolute Gasteiger partial charge is 0.384 e. The topological polar surface area (TPSA) is 124 Å². The summed E-state index contributed by atoms with van der Waals surface area (Å²) in [6, 6.07) is 3.59. The lowest BCUT2D eigenvalue weighted by molar-refractivity contribution is -0.177. The van der Waals surface area contributed by atoms with Crippen molar-refractivity contribution in [2.45, 2.75) is 64.5 Å². The number of pyridine rings is 2. The molecule has 41 heavy (non-hydrogen) atoms. The molecule has 2 aliphatic heterocycles. The molecule has 0 saturated carbocycles. The van der Waals surface area contributed by atoms with Gasteiger partial charge in [-0.1, -0.05) is 20.8 Å². The van der Waals surface area contributed by atoms with E-state index in [-0.39, 0.29) is 48.3 Å². The summed E-state index contributed by atoms with van der Waals surface area (Å²) in [5.41, 5.74) is -0.261. The first-order chi connectivity index (χ1) is 19.2. The average Bonchev–Trinajstić information content (AvgIpc) is 2.91. The van der Waals surface area contributed by atoms with Gasteiger partial charge in [0.25, 0.3) is 5.92 Å². The molecule has 0 aliphatic carbocycles. The number of fused-ring (bicyclic) bond motifs is 1. The molecule has 3 atom stereocenters. The van der Waals surface area contributed by atoms with Crippen molar-refractivity contribution in [3.8, 4) is 0 Å². The molecule has 13 heteroatoms. The van der Waals surface area contributed by atoms with Gasteiger partial charge < -0.3 is 20.2 Å². The van der Waals surface area contributed by atoms with E-state index in [9.17, 15) is 22.3 Å². The Hall–Kier alpha value is -3.19. The van der Waals surface area contributed by atoms with Crippen LogP contribution in [0.25, 0.3) is 10.8 Å². The maximum absolute atomic E-state index is 14.5. The Morgan fingerprint density at radius 3 is 2.59 bits per heavy atom. The summed E-state index contributed by atoms with van der Waals surface area (Å²) < 4.78 is 53.3. The summed E-state index contributed by atoms with van der Waals surface area (Å²) in [4.78, 5) is 21.6. The number of anilines is 4. The number of alkyl halides is 2. The molecule has 0 radical (unpaired) electrons. The maximum atomic E-state index is 14.5. The van der Waals surface area contributed by atoms with E-state index in [0.29, 0.717) is 18.2 Å². The van der Waals surface area contributed by atoms with E-state index in [1.54, 1.807) is 19.2 Å². The number of nitrogens with zero attached hydrogens (tertiary/aromatic N) is 6. The molecule has 5 rings (SSSR count). The van der Waals surface area contributed by atoms with E-state index in [1.807, 2.05) is 19.2 Å². The molecule has 2 saturated heterocycles. The summed E-state index contributed by atoms with van der Waals surface area (Å²) >= 11 is 0. The van der Waals surface area contributed by atoms with E-state index in [1.165, 1.54) is 11.1 Å². The minimum Gasteiger partial charge on any atom is -0.384 e. The quantitative estimate of drug-likeness (QED) is 0.396. The fourth-order valence-corrected chi connectivity index (χ4v) is 6.71. The number of sulfone groups is 1. The van der Waals surface area contributed by atoms with Crippen molar-refractivity contribution in [3.05, 3.63) is 36.4 Å². The van der Waals surface area contributed by atoms with Crippen molar-refractivity contribution in [2.75, 3.05) is 46.3 Å². The van der Waals surface area contributed by atoms with Crippen LogP contribution >= 0.6 is 0 Å². The predicted molar refractivity (Wildman–Crippen MR) is 156 cm³/mol. The SMILES string of the molecule is CCS(=O)(=O)C[C@H]1CN(c2cnc(C(C)C)c3cc(Nc4ccnc(N5CC[C@@](C)(O)C(F)(F)C5)n4)ncc23)[C@@H]1C. The highest BCUT2D eigenvalue weighted by Gasteiger charge is 2.53. The number of aromatic nitrogens is 4. The molecular weight excluding hydrogens is 552 g/mol. The third-order valence-electron chi connectivity index (χ3n) is 8.38. The number of piperidine rings is 1. The van der Waals surface area contributed by atoms with E-state index in [2.05, 4.69) is 39.0 Å². The lowest BCUT2D eigenvalue weighted by Crippen LogP contribution is -2.59. The lowest BCUT2D eigenvalue weighted by Gasteiger charge is -2.48. The van der Waals surface area contributed by atoms with Gasteiger partial charge in [0.2, 0.25) is 5.95 Å². The van der Waals surface area contributed by atoms with Crippen LogP contribution in [0.2, 0.25) is 0 Å². The summed E-state index contributed by atoms with van der Waals surface area (Å²) in [5.74, 6) is -1.72. The van der Waals surface area contributed by atoms with Gasteiger partial charge in [0.05, 0.1) is 29.9 Å². The molecule has 2 fully saturated rings. The standard InChI is InChI=1S/C28H37F2N7O3S/c1-6-41(39,40)15-19-14-37(18(19)4)22-13-33-25(17(2)3)20-11-24(32-12-21(20)22)34-23-7-9-31-26(35-23)36-10-8-27(5,38)28(29,30)16-36/h7,9,11-13,17-19,38H,6,8,10,14-16H2,1-5H3,(H,31,32,34,35)/t18-,19-,27-/m1/s1. The molecule has 3 aromatic heterocycles. The van der Waals surface area contributed by atoms with Crippen LogP contribution in [0.3, 0.4) is 0 Å². The van der Waals surface area contributed by atoms with Gasteiger partial charge in [-0.05, 0) is 38.3 Å². The molecule has 0 amide bonds. The molecule has 5 heterocycles. The molecule has 222 valence electrons. The maximum Gasteiger partial charge on any atom is 0.293 e. The average molecular weight is 590 g/mol. The van der Waals surface area contributed by atoms with Gasteiger partial charge >= 0.3 is 0 Å². The molecule has 0 aromatic carbocycles. The second kappa shape index (κ2) is 10.6. The Bertz CT molecular complexity index is 1550. The zero-order valence-electron chi connectivity index (χ0n) is 24.0. The van der Waals surface area contributed by atoms with Gasteiger partial charge in [-0.2, -0.15) is 4.98 Å². The summed E-state index contributed by atoms with van der Waals surface area (Å²) in [7, 11) is -3.06. The van der Waals surface area contributed by atoms with Crippen LogP contribution in [0.5, 0.6) is 0 Å². The smallest absolute Gasteiger partial charge is 0.293 e. The molecule has 0 bridgehead atoms. The first-order valence-electron chi connectivity index (χ1n) is 13.9. The highest BCUT2D eigenvalue weighted by Crippen LogP contribution is 2.39. The lowest BCUT2D eigenvalue weighted by atomic mass is 9.90. The highest BCUT2D eigenvalue weighted by atomic mass is 32.2. The van der Waals surface area contributed by atoms with Crippen LogP contribution in [-0.2, 0) is 9.84 Å². The highest BCUT2D eigenvalue weighted by molar-refractivity contribution is 7.91. The molecular formula is C28H37F2N7O3S. The van der Waals surface area contributed by atoms with Gasteiger partial charge in [-0.25, -0.2) is 27.2 Å². The van der Waals surface area contributed by atoms with Gasteiger partial charge in [0.1, 0.15) is 27.1 Å². The molecule has 3 aromatic rings. The van der Waals surface area contributed by atoms with Crippen LogP contribution in [-0.4, -0.2) is 82.2 Å². The fourth-order valence-electron chi connectivity index (χ4n) is 5.44. The zero-order valence-corrected chi connectivity index (χ0v) is 24.8. The Morgan fingerprint density at radius 2 is 1.93 bits per heavy atom. The van der Waals surface area contributed by atoms with Crippen molar-refractivity contribution >= 4 is 43.9 Å². The minimum absolute atomic E-state index is 0.0503. The van der Waals surface area contributed by atoms with Gasteiger partial charge in [-0.3, -0.25) is 4.98 Å².